The lowest BCUT2D eigenvalue weighted by Crippen LogP contribution is -2.30. The fraction of sp³-hybridized carbons (Fsp3) is 0.476. The first kappa shape index (κ1) is 17.6. The Bertz CT molecular complexity index is 754. The largest absolute Gasteiger partial charge is 0.370 e. The number of para-hydroxylation sites is 2. The molecule has 1 amide bonds. The first-order valence-electron chi connectivity index (χ1n) is 9.33. The molecule has 0 spiro atoms. The lowest BCUT2D eigenvalue weighted by molar-refractivity contribution is 0.102. The number of hydrogen-bond acceptors (Lipinski definition) is 2. The highest BCUT2D eigenvalue weighted by Crippen LogP contribution is 2.29. The van der Waals surface area contributed by atoms with Crippen LogP contribution in [0.5, 0.6) is 0 Å². The van der Waals surface area contributed by atoms with E-state index in [4.69, 9.17) is 0 Å². The summed E-state index contributed by atoms with van der Waals surface area (Å²) in [6, 6.07) is 10.5. The molecule has 0 aliphatic carbocycles. The first-order valence-corrected chi connectivity index (χ1v) is 9.33. The maximum absolute atomic E-state index is 12.9. The molecule has 4 heteroatoms. The van der Waals surface area contributed by atoms with Crippen LogP contribution in [-0.2, 0) is 0 Å². The lowest BCUT2D eigenvalue weighted by Gasteiger charge is -2.30. The maximum Gasteiger partial charge on any atom is 0.257 e. The van der Waals surface area contributed by atoms with Gasteiger partial charge in [0, 0.05) is 30.5 Å². The quantitative estimate of drug-likeness (QED) is 0.857. The van der Waals surface area contributed by atoms with Crippen LogP contribution in [0.15, 0.2) is 30.3 Å². The van der Waals surface area contributed by atoms with Crippen molar-refractivity contribution in [2.24, 2.45) is 0 Å². The molecule has 2 aromatic rings. The molecule has 1 aromatic carbocycles. The zero-order chi connectivity index (χ0) is 18.0. The van der Waals surface area contributed by atoms with Gasteiger partial charge in [-0.05, 0) is 65.2 Å². The number of benzene rings is 1. The number of aromatic nitrogens is 1. The molecule has 0 bridgehead atoms. The smallest absolute Gasteiger partial charge is 0.257 e. The number of hydrogen-bond donors (Lipinski definition) is 1. The number of rotatable bonds is 4. The summed E-state index contributed by atoms with van der Waals surface area (Å²) in [6.45, 7) is 10.5. The van der Waals surface area contributed by atoms with Crippen LogP contribution in [0.1, 0.15) is 60.9 Å². The molecule has 0 saturated carbocycles. The van der Waals surface area contributed by atoms with Crippen LogP contribution in [0.25, 0.3) is 0 Å². The molecule has 25 heavy (non-hydrogen) atoms. The number of nitrogens with zero attached hydrogens (tertiary/aromatic N) is 2. The summed E-state index contributed by atoms with van der Waals surface area (Å²) in [5, 5.41) is 3.15. The van der Waals surface area contributed by atoms with E-state index in [0.29, 0.717) is 6.04 Å². The summed E-state index contributed by atoms with van der Waals surface area (Å²) < 4.78 is 2.21. The number of aryl methyl sites for hydroxylation is 1. The molecule has 134 valence electrons. The average Bonchev–Trinajstić information content (AvgIpc) is 2.91. The van der Waals surface area contributed by atoms with E-state index in [9.17, 15) is 4.79 Å². The van der Waals surface area contributed by atoms with Crippen molar-refractivity contribution in [3.05, 3.63) is 47.3 Å². The van der Waals surface area contributed by atoms with E-state index < -0.39 is 0 Å². The Kier molecular flexibility index (Phi) is 5.16. The van der Waals surface area contributed by atoms with E-state index in [1.54, 1.807) is 0 Å². The predicted molar refractivity (Wildman–Crippen MR) is 105 cm³/mol. The van der Waals surface area contributed by atoms with E-state index >= 15 is 0 Å². The van der Waals surface area contributed by atoms with Crippen molar-refractivity contribution >= 4 is 17.3 Å². The van der Waals surface area contributed by atoms with Crippen molar-refractivity contribution in [3.8, 4) is 0 Å². The highest BCUT2D eigenvalue weighted by atomic mass is 16.1. The first-order chi connectivity index (χ1) is 12.0. The standard InChI is InChI=1S/C21H29N3O/c1-15(2)24-16(3)14-18(17(24)4)21(25)22-19-10-6-7-11-20(19)23-12-8-5-9-13-23/h6-7,10-11,14-15H,5,8-9,12-13H2,1-4H3,(H,22,25). The molecule has 0 unspecified atom stereocenters. The highest BCUT2D eigenvalue weighted by molar-refractivity contribution is 6.07. The second-order valence-corrected chi connectivity index (χ2v) is 7.27. The van der Waals surface area contributed by atoms with Crippen molar-refractivity contribution in [3.63, 3.8) is 0 Å². The summed E-state index contributed by atoms with van der Waals surface area (Å²) in [5.74, 6) is -0.0236. The van der Waals surface area contributed by atoms with Crippen molar-refractivity contribution in [1.82, 2.24) is 4.57 Å². The molecular formula is C21H29N3O. The van der Waals surface area contributed by atoms with Gasteiger partial charge < -0.3 is 14.8 Å². The van der Waals surface area contributed by atoms with E-state index in [1.807, 2.05) is 31.2 Å². The van der Waals surface area contributed by atoms with Crippen molar-refractivity contribution in [2.45, 2.75) is 53.0 Å². The minimum atomic E-state index is -0.0236. The zero-order valence-electron chi connectivity index (χ0n) is 15.8. The number of piperidine rings is 1. The van der Waals surface area contributed by atoms with Crippen LogP contribution in [0.2, 0.25) is 0 Å². The van der Waals surface area contributed by atoms with Gasteiger partial charge in [-0.25, -0.2) is 0 Å². The van der Waals surface area contributed by atoms with Crippen LogP contribution in [0.4, 0.5) is 11.4 Å². The van der Waals surface area contributed by atoms with Gasteiger partial charge in [-0.15, -0.1) is 0 Å². The van der Waals surface area contributed by atoms with Gasteiger partial charge in [-0.3, -0.25) is 4.79 Å². The third-order valence-corrected chi connectivity index (χ3v) is 5.09. The molecule has 0 radical (unpaired) electrons. The number of carbonyl (C=O) groups excluding carboxylic acids is 1. The molecule has 0 atom stereocenters. The van der Waals surface area contributed by atoms with Gasteiger partial charge in [0.1, 0.15) is 0 Å². The Morgan fingerprint density at radius 1 is 1.08 bits per heavy atom. The van der Waals surface area contributed by atoms with E-state index in [1.165, 1.54) is 19.3 Å². The number of anilines is 2. The molecular weight excluding hydrogens is 310 g/mol. The fourth-order valence-electron chi connectivity index (χ4n) is 3.98. The molecule has 1 saturated heterocycles. The van der Waals surface area contributed by atoms with E-state index in [-0.39, 0.29) is 5.91 Å². The predicted octanol–water partition coefficient (Wildman–Crippen LogP) is 4.93. The minimum Gasteiger partial charge on any atom is -0.370 e. The normalized spacial score (nSPS) is 14.8. The zero-order valence-corrected chi connectivity index (χ0v) is 15.8. The Hall–Kier alpha value is -2.23. The summed E-state index contributed by atoms with van der Waals surface area (Å²) in [4.78, 5) is 15.3. The maximum atomic E-state index is 12.9. The summed E-state index contributed by atoms with van der Waals surface area (Å²) in [7, 11) is 0. The van der Waals surface area contributed by atoms with Gasteiger partial charge in [0.05, 0.1) is 16.9 Å². The van der Waals surface area contributed by atoms with Gasteiger partial charge >= 0.3 is 0 Å². The number of nitrogens with one attached hydrogen (secondary N) is 1. The Balaban J connectivity index is 1.86. The molecule has 1 aromatic heterocycles. The molecule has 2 heterocycles. The molecule has 4 nitrogen and oxygen atoms in total. The lowest BCUT2D eigenvalue weighted by atomic mass is 10.1. The van der Waals surface area contributed by atoms with Crippen LogP contribution in [0, 0.1) is 13.8 Å². The van der Waals surface area contributed by atoms with Crippen LogP contribution < -0.4 is 10.2 Å². The van der Waals surface area contributed by atoms with Gasteiger partial charge in [0.2, 0.25) is 0 Å². The third-order valence-electron chi connectivity index (χ3n) is 5.09. The van der Waals surface area contributed by atoms with E-state index in [0.717, 1.165) is 41.4 Å². The van der Waals surface area contributed by atoms with Gasteiger partial charge in [-0.2, -0.15) is 0 Å². The average molecular weight is 339 g/mol. The Morgan fingerprint density at radius 2 is 1.76 bits per heavy atom. The Labute approximate surface area is 150 Å². The second kappa shape index (κ2) is 7.34. The fourth-order valence-corrected chi connectivity index (χ4v) is 3.98. The van der Waals surface area contributed by atoms with Gasteiger partial charge in [0.15, 0.2) is 0 Å². The monoisotopic (exact) mass is 339 g/mol. The van der Waals surface area contributed by atoms with Crippen LogP contribution in [0.3, 0.4) is 0 Å². The van der Waals surface area contributed by atoms with Crippen molar-refractivity contribution in [1.29, 1.82) is 0 Å². The molecule has 1 fully saturated rings. The van der Waals surface area contributed by atoms with E-state index in [2.05, 4.69) is 41.6 Å². The number of carbonyl (C=O) groups is 1. The summed E-state index contributed by atoms with van der Waals surface area (Å²) in [5.41, 5.74) is 4.96. The summed E-state index contributed by atoms with van der Waals surface area (Å²) >= 11 is 0. The van der Waals surface area contributed by atoms with Crippen LogP contribution >= 0.6 is 0 Å². The third kappa shape index (κ3) is 3.58. The number of amides is 1. The Morgan fingerprint density at radius 3 is 2.40 bits per heavy atom. The molecule has 3 rings (SSSR count). The highest BCUT2D eigenvalue weighted by Gasteiger charge is 2.20. The summed E-state index contributed by atoms with van der Waals surface area (Å²) in [6.07, 6.45) is 3.74. The molecule has 1 N–H and O–H groups in total. The van der Waals surface area contributed by atoms with Crippen molar-refractivity contribution in [2.75, 3.05) is 23.3 Å². The van der Waals surface area contributed by atoms with Gasteiger partial charge in [-0.1, -0.05) is 12.1 Å². The minimum absolute atomic E-state index is 0.0236. The molecule has 1 aliphatic rings. The topological polar surface area (TPSA) is 37.3 Å². The second-order valence-electron chi connectivity index (χ2n) is 7.27. The molecule has 1 aliphatic heterocycles. The SMILES string of the molecule is Cc1cc(C(=O)Nc2ccccc2N2CCCCC2)c(C)n1C(C)C. The van der Waals surface area contributed by atoms with Gasteiger partial charge in [0.25, 0.3) is 5.91 Å². The van der Waals surface area contributed by atoms with Crippen molar-refractivity contribution < 1.29 is 4.79 Å². The van der Waals surface area contributed by atoms with Crippen LogP contribution in [-0.4, -0.2) is 23.6 Å².